The highest BCUT2D eigenvalue weighted by Crippen LogP contribution is 2.11. The molecular weight excluding hydrogens is 259 g/mol. The van der Waals surface area contributed by atoms with Gasteiger partial charge in [0.1, 0.15) is 6.04 Å². The molecule has 104 valence electrons. The van der Waals surface area contributed by atoms with Crippen molar-refractivity contribution in [3.63, 3.8) is 0 Å². The lowest BCUT2D eigenvalue weighted by molar-refractivity contribution is -0.143. The zero-order valence-corrected chi connectivity index (χ0v) is 9.08. The van der Waals surface area contributed by atoms with Gasteiger partial charge in [0.25, 0.3) is 0 Å². The number of hydrogen-bond acceptors (Lipinski definition) is 4. The molecule has 18 heavy (non-hydrogen) atoms. The number of carbonyl (C=O) groups is 3. The first-order valence-electron chi connectivity index (χ1n) is 4.69. The molecule has 7 nitrogen and oxygen atoms in total. The largest absolute Gasteiger partial charge is 0.480 e. The van der Waals surface area contributed by atoms with Gasteiger partial charge in [-0.05, 0) is 0 Å². The molecule has 0 aliphatic heterocycles. The second-order valence-corrected chi connectivity index (χ2v) is 3.35. The average Bonchev–Trinajstić information content (AvgIpc) is 2.13. The van der Waals surface area contributed by atoms with Gasteiger partial charge in [0.2, 0.25) is 11.8 Å². The van der Waals surface area contributed by atoms with E-state index in [0.717, 1.165) is 0 Å². The number of primary amides is 1. The van der Waals surface area contributed by atoms with Crippen LogP contribution in [-0.4, -0.2) is 48.2 Å². The van der Waals surface area contributed by atoms with Crippen LogP contribution in [0.3, 0.4) is 0 Å². The maximum absolute atomic E-state index is 11.7. The van der Waals surface area contributed by atoms with Gasteiger partial charge in [-0.25, -0.2) is 4.79 Å². The maximum Gasteiger partial charge on any atom is 0.401 e. The van der Waals surface area contributed by atoms with Gasteiger partial charge in [0, 0.05) is 0 Å². The van der Waals surface area contributed by atoms with Crippen LogP contribution in [0.15, 0.2) is 0 Å². The first kappa shape index (κ1) is 16.2. The van der Waals surface area contributed by atoms with E-state index in [2.05, 4.69) is 0 Å². The lowest BCUT2D eigenvalue weighted by Gasteiger charge is -2.13. The van der Waals surface area contributed by atoms with Crippen molar-refractivity contribution < 1.29 is 32.7 Å². The summed E-state index contributed by atoms with van der Waals surface area (Å²) in [6, 6.07) is -1.55. The predicted molar refractivity (Wildman–Crippen MR) is 52.3 cm³/mol. The van der Waals surface area contributed by atoms with E-state index >= 15 is 0 Å². The molecule has 0 heterocycles. The zero-order valence-electron chi connectivity index (χ0n) is 9.08. The van der Waals surface area contributed by atoms with Crippen LogP contribution in [0.4, 0.5) is 13.2 Å². The number of aliphatic carboxylic acids is 1. The Bertz CT molecular complexity index is 332. The van der Waals surface area contributed by atoms with E-state index in [1.54, 1.807) is 5.32 Å². The van der Waals surface area contributed by atoms with Crippen LogP contribution < -0.4 is 16.4 Å². The van der Waals surface area contributed by atoms with E-state index in [1.165, 1.54) is 0 Å². The Morgan fingerprint density at radius 2 is 1.83 bits per heavy atom. The van der Waals surface area contributed by atoms with Crippen LogP contribution in [0, 0.1) is 0 Å². The number of amides is 2. The highest BCUT2D eigenvalue weighted by Gasteiger charge is 2.27. The number of carbonyl (C=O) groups excluding carboxylic acids is 2. The van der Waals surface area contributed by atoms with Gasteiger partial charge in [-0.15, -0.1) is 0 Å². The third-order valence-corrected chi connectivity index (χ3v) is 1.65. The number of halogens is 3. The monoisotopic (exact) mass is 271 g/mol. The Labute approximate surface area is 99.5 Å². The fourth-order valence-corrected chi connectivity index (χ4v) is 0.964. The minimum Gasteiger partial charge on any atom is -0.480 e. The van der Waals surface area contributed by atoms with Crippen molar-refractivity contribution in [2.75, 3.05) is 13.1 Å². The molecule has 5 N–H and O–H groups in total. The number of alkyl halides is 3. The topological polar surface area (TPSA) is 122 Å². The van der Waals surface area contributed by atoms with E-state index in [-0.39, 0.29) is 0 Å². The summed E-state index contributed by atoms with van der Waals surface area (Å²) in [6.07, 6.45) is -5.11. The Hall–Kier alpha value is -1.84. The molecule has 0 fully saturated rings. The molecule has 0 aromatic carbocycles. The number of carboxylic acids is 1. The molecule has 1 unspecified atom stereocenters. The van der Waals surface area contributed by atoms with Crippen LogP contribution in [0.5, 0.6) is 0 Å². The number of hydrogen-bond donors (Lipinski definition) is 4. The van der Waals surface area contributed by atoms with Crippen LogP contribution >= 0.6 is 0 Å². The Morgan fingerprint density at radius 3 is 2.22 bits per heavy atom. The quantitative estimate of drug-likeness (QED) is 0.453. The van der Waals surface area contributed by atoms with Gasteiger partial charge in [-0.3, -0.25) is 9.59 Å². The van der Waals surface area contributed by atoms with E-state index in [0.29, 0.717) is 0 Å². The number of rotatable bonds is 7. The first-order chi connectivity index (χ1) is 8.11. The Kier molecular flexibility index (Phi) is 6.09. The average molecular weight is 271 g/mol. The van der Waals surface area contributed by atoms with Crippen LogP contribution in [0.1, 0.15) is 6.42 Å². The van der Waals surface area contributed by atoms with Gasteiger partial charge in [-0.1, -0.05) is 0 Å². The molecule has 0 bridgehead atoms. The molecule has 0 rings (SSSR count). The summed E-state index contributed by atoms with van der Waals surface area (Å²) in [5.74, 6) is -3.43. The molecule has 0 aliphatic carbocycles. The van der Waals surface area contributed by atoms with Crippen molar-refractivity contribution in [3.05, 3.63) is 0 Å². The molecule has 1 atom stereocenters. The first-order valence-corrected chi connectivity index (χ1v) is 4.69. The summed E-state index contributed by atoms with van der Waals surface area (Å²) in [6.45, 7) is -2.10. The van der Waals surface area contributed by atoms with E-state index in [1.807, 2.05) is 5.32 Å². The lowest BCUT2D eigenvalue weighted by Crippen LogP contribution is -2.47. The van der Waals surface area contributed by atoms with Crippen molar-refractivity contribution in [3.8, 4) is 0 Å². The van der Waals surface area contributed by atoms with Crippen LogP contribution in [-0.2, 0) is 14.4 Å². The molecule has 0 radical (unpaired) electrons. The van der Waals surface area contributed by atoms with Gasteiger partial charge in [0.05, 0.1) is 19.5 Å². The molecule has 2 amide bonds. The molecule has 10 heteroatoms. The van der Waals surface area contributed by atoms with Crippen molar-refractivity contribution in [1.82, 2.24) is 10.6 Å². The number of nitrogens with two attached hydrogens (primary N) is 1. The summed E-state index contributed by atoms with van der Waals surface area (Å²) in [5.41, 5.74) is 4.75. The van der Waals surface area contributed by atoms with Crippen LogP contribution in [0.25, 0.3) is 0 Å². The Morgan fingerprint density at radius 1 is 1.28 bits per heavy atom. The summed E-state index contributed by atoms with van der Waals surface area (Å²) in [7, 11) is 0. The molecular formula is C8H12F3N3O4. The second kappa shape index (κ2) is 6.79. The summed E-state index contributed by atoms with van der Waals surface area (Å²) >= 11 is 0. The smallest absolute Gasteiger partial charge is 0.401 e. The number of carboxylic acid groups (broad SMARTS) is 1. The molecule has 0 spiro atoms. The van der Waals surface area contributed by atoms with Gasteiger partial charge in [0.15, 0.2) is 0 Å². The summed E-state index contributed by atoms with van der Waals surface area (Å²) in [5, 5.41) is 12.2. The summed E-state index contributed by atoms with van der Waals surface area (Å²) < 4.78 is 35.2. The lowest BCUT2D eigenvalue weighted by atomic mass is 10.2. The Balaban J connectivity index is 4.11. The summed E-state index contributed by atoms with van der Waals surface area (Å²) in [4.78, 5) is 32.1. The third kappa shape index (κ3) is 8.33. The second-order valence-electron chi connectivity index (χ2n) is 3.35. The molecule has 0 aromatic rings. The molecule has 0 saturated heterocycles. The van der Waals surface area contributed by atoms with Gasteiger partial charge >= 0.3 is 12.1 Å². The predicted octanol–water partition coefficient (Wildman–Crippen LogP) is -1.42. The highest BCUT2D eigenvalue weighted by molar-refractivity contribution is 5.88. The van der Waals surface area contributed by atoms with E-state index in [4.69, 9.17) is 10.8 Å². The third-order valence-electron chi connectivity index (χ3n) is 1.65. The minimum atomic E-state index is -4.47. The van der Waals surface area contributed by atoms with Gasteiger partial charge in [-0.2, -0.15) is 13.2 Å². The normalized spacial score (nSPS) is 12.8. The fourth-order valence-electron chi connectivity index (χ4n) is 0.964. The standard InChI is InChI=1S/C8H12F3N3O4/c9-8(10,11)3-13-2-6(16)14-4(7(17)18)1-5(12)15/h4,13H,1-3H2,(H2,12,15)(H,14,16)(H,17,18). The highest BCUT2D eigenvalue weighted by atomic mass is 19.4. The van der Waals surface area contributed by atoms with Crippen molar-refractivity contribution in [2.45, 2.75) is 18.6 Å². The minimum absolute atomic E-state index is 0.639. The van der Waals surface area contributed by atoms with Gasteiger partial charge < -0.3 is 21.5 Å². The van der Waals surface area contributed by atoms with E-state index < -0.39 is 49.5 Å². The van der Waals surface area contributed by atoms with Crippen LogP contribution in [0.2, 0.25) is 0 Å². The molecule has 0 saturated carbocycles. The van der Waals surface area contributed by atoms with Crippen molar-refractivity contribution in [2.24, 2.45) is 5.73 Å². The van der Waals surface area contributed by atoms with Crippen molar-refractivity contribution in [1.29, 1.82) is 0 Å². The zero-order chi connectivity index (χ0) is 14.3. The van der Waals surface area contributed by atoms with Crippen molar-refractivity contribution >= 4 is 17.8 Å². The molecule has 0 aromatic heterocycles. The number of nitrogens with one attached hydrogen (secondary N) is 2. The molecule has 0 aliphatic rings. The fraction of sp³-hybridized carbons (Fsp3) is 0.625. The SMILES string of the molecule is NC(=O)CC(NC(=O)CNCC(F)(F)F)C(=O)O. The van der Waals surface area contributed by atoms with E-state index in [9.17, 15) is 27.6 Å². The maximum atomic E-state index is 11.7.